The molecule has 0 bridgehead atoms. The summed E-state index contributed by atoms with van der Waals surface area (Å²) >= 11 is 0. The third-order valence-electron chi connectivity index (χ3n) is 3.72. The number of nitrogens with zero attached hydrogens (tertiary/aromatic N) is 1. The van der Waals surface area contributed by atoms with E-state index in [4.69, 9.17) is 4.74 Å². The maximum atomic E-state index is 10.8. The molecule has 0 spiro atoms. The summed E-state index contributed by atoms with van der Waals surface area (Å²) in [7, 11) is 0. The second-order valence-electron chi connectivity index (χ2n) is 5.38. The van der Waals surface area contributed by atoms with E-state index in [9.17, 15) is 15.2 Å². The van der Waals surface area contributed by atoms with E-state index in [2.05, 4.69) is 0 Å². The molecule has 1 N–H and O–H groups in total. The Morgan fingerprint density at radius 3 is 2.53 bits per heavy atom. The van der Waals surface area contributed by atoms with E-state index >= 15 is 0 Å². The van der Waals surface area contributed by atoms with Gasteiger partial charge in [0.15, 0.2) is 0 Å². The van der Waals surface area contributed by atoms with E-state index in [-0.39, 0.29) is 12.3 Å². The van der Waals surface area contributed by atoms with Crippen LogP contribution in [0.1, 0.15) is 36.8 Å². The standard InChI is InChI=1S/C14H19NO4/c1-10-8-13(11(2)7-12(10)15(17)18)19-9-14(16)5-3-4-6-14/h7-8,16H,3-6,9H2,1-2H3. The molecule has 1 fully saturated rings. The van der Waals surface area contributed by atoms with Gasteiger partial charge in [-0.2, -0.15) is 0 Å². The van der Waals surface area contributed by atoms with Gasteiger partial charge in [-0.15, -0.1) is 0 Å². The van der Waals surface area contributed by atoms with Crippen LogP contribution in [0.4, 0.5) is 5.69 Å². The molecule has 0 saturated heterocycles. The molecular formula is C14H19NO4. The van der Waals surface area contributed by atoms with Crippen LogP contribution in [0.5, 0.6) is 5.75 Å². The first-order chi connectivity index (χ1) is 8.91. The van der Waals surface area contributed by atoms with Crippen molar-refractivity contribution in [2.45, 2.75) is 45.1 Å². The topological polar surface area (TPSA) is 72.6 Å². The van der Waals surface area contributed by atoms with E-state index in [1.807, 2.05) is 0 Å². The number of benzene rings is 1. The fraction of sp³-hybridized carbons (Fsp3) is 0.571. The summed E-state index contributed by atoms with van der Waals surface area (Å²) in [6.45, 7) is 3.72. The summed E-state index contributed by atoms with van der Waals surface area (Å²) in [6, 6.07) is 3.19. The fourth-order valence-electron chi connectivity index (χ4n) is 2.52. The first-order valence-electron chi connectivity index (χ1n) is 6.52. The average Bonchev–Trinajstić information content (AvgIpc) is 2.77. The molecule has 19 heavy (non-hydrogen) atoms. The first-order valence-corrected chi connectivity index (χ1v) is 6.52. The van der Waals surface area contributed by atoms with Crippen molar-refractivity contribution in [1.82, 2.24) is 0 Å². The third-order valence-corrected chi connectivity index (χ3v) is 3.72. The zero-order chi connectivity index (χ0) is 14.0. The van der Waals surface area contributed by atoms with Gasteiger partial charge in [-0.1, -0.05) is 12.8 Å². The molecule has 0 unspecified atom stereocenters. The van der Waals surface area contributed by atoms with E-state index in [0.717, 1.165) is 31.2 Å². The summed E-state index contributed by atoms with van der Waals surface area (Å²) in [4.78, 5) is 10.4. The third kappa shape index (κ3) is 3.04. The molecule has 0 aromatic heterocycles. The molecule has 1 aromatic rings. The van der Waals surface area contributed by atoms with Crippen LogP contribution in [0, 0.1) is 24.0 Å². The van der Waals surface area contributed by atoms with Gasteiger partial charge in [0.1, 0.15) is 12.4 Å². The van der Waals surface area contributed by atoms with Crippen molar-refractivity contribution in [1.29, 1.82) is 0 Å². The number of rotatable bonds is 4. The summed E-state index contributed by atoms with van der Waals surface area (Å²) in [5, 5.41) is 21.1. The molecule has 104 valence electrons. The van der Waals surface area contributed by atoms with Crippen molar-refractivity contribution >= 4 is 5.69 Å². The van der Waals surface area contributed by atoms with Gasteiger partial charge >= 0.3 is 0 Å². The van der Waals surface area contributed by atoms with Crippen LogP contribution < -0.4 is 4.74 Å². The second kappa shape index (κ2) is 5.17. The molecule has 5 heteroatoms. The zero-order valence-corrected chi connectivity index (χ0v) is 11.3. The molecule has 0 heterocycles. The molecule has 1 aromatic carbocycles. The Hall–Kier alpha value is -1.62. The highest BCUT2D eigenvalue weighted by Crippen LogP contribution is 2.32. The van der Waals surface area contributed by atoms with Crippen LogP contribution in [-0.2, 0) is 0 Å². The number of nitro benzene ring substituents is 1. The minimum absolute atomic E-state index is 0.101. The van der Waals surface area contributed by atoms with Gasteiger partial charge in [-0.3, -0.25) is 10.1 Å². The van der Waals surface area contributed by atoms with Crippen LogP contribution in [0.25, 0.3) is 0 Å². The van der Waals surface area contributed by atoms with Crippen molar-refractivity contribution in [3.63, 3.8) is 0 Å². The molecule has 1 aliphatic rings. The second-order valence-corrected chi connectivity index (χ2v) is 5.38. The van der Waals surface area contributed by atoms with Crippen LogP contribution in [0.3, 0.4) is 0 Å². The quantitative estimate of drug-likeness (QED) is 0.671. The summed E-state index contributed by atoms with van der Waals surface area (Å²) in [5.41, 5.74) is 0.662. The van der Waals surface area contributed by atoms with Gasteiger partial charge in [-0.05, 0) is 38.3 Å². The lowest BCUT2D eigenvalue weighted by molar-refractivity contribution is -0.385. The molecule has 0 radical (unpaired) electrons. The van der Waals surface area contributed by atoms with Gasteiger partial charge in [0.2, 0.25) is 0 Å². The number of ether oxygens (including phenoxy) is 1. The Morgan fingerprint density at radius 1 is 1.32 bits per heavy atom. The van der Waals surface area contributed by atoms with Gasteiger partial charge < -0.3 is 9.84 Å². The van der Waals surface area contributed by atoms with Crippen LogP contribution >= 0.6 is 0 Å². The largest absolute Gasteiger partial charge is 0.490 e. The molecule has 0 amide bonds. The van der Waals surface area contributed by atoms with Gasteiger partial charge in [0, 0.05) is 11.6 Å². The summed E-state index contributed by atoms with van der Waals surface area (Å²) in [5.74, 6) is 0.614. The predicted octanol–water partition coefficient (Wildman–Crippen LogP) is 2.90. The molecular weight excluding hydrogens is 246 g/mol. The van der Waals surface area contributed by atoms with Crippen molar-refractivity contribution in [2.24, 2.45) is 0 Å². The van der Waals surface area contributed by atoms with Gasteiger partial charge in [-0.25, -0.2) is 0 Å². The van der Waals surface area contributed by atoms with E-state index in [1.54, 1.807) is 19.9 Å². The highest BCUT2D eigenvalue weighted by atomic mass is 16.6. The van der Waals surface area contributed by atoms with Gasteiger partial charge in [0.05, 0.1) is 10.5 Å². The smallest absolute Gasteiger partial charge is 0.272 e. The number of aryl methyl sites for hydroxylation is 2. The Labute approximate surface area is 112 Å². The predicted molar refractivity (Wildman–Crippen MR) is 71.5 cm³/mol. The summed E-state index contributed by atoms with van der Waals surface area (Å²) in [6.07, 6.45) is 3.58. The van der Waals surface area contributed by atoms with E-state index in [0.29, 0.717) is 11.3 Å². The number of hydrogen-bond acceptors (Lipinski definition) is 4. The highest BCUT2D eigenvalue weighted by molar-refractivity contribution is 5.49. The monoisotopic (exact) mass is 265 g/mol. The lowest BCUT2D eigenvalue weighted by Crippen LogP contribution is -2.32. The van der Waals surface area contributed by atoms with Crippen LogP contribution in [-0.4, -0.2) is 22.2 Å². The fourth-order valence-corrected chi connectivity index (χ4v) is 2.52. The molecule has 2 rings (SSSR count). The molecule has 1 aliphatic carbocycles. The van der Waals surface area contributed by atoms with Crippen molar-refractivity contribution < 1.29 is 14.8 Å². The van der Waals surface area contributed by atoms with Gasteiger partial charge in [0.25, 0.3) is 5.69 Å². The molecule has 0 aliphatic heterocycles. The van der Waals surface area contributed by atoms with E-state index in [1.165, 1.54) is 6.07 Å². The maximum Gasteiger partial charge on any atom is 0.272 e. The number of hydrogen-bond donors (Lipinski definition) is 1. The molecule has 1 saturated carbocycles. The highest BCUT2D eigenvalue weighted by Gasteiger charge is 2.32. The van der Waals surface area contributed by atoms with E-state index < -0.39 is 10.5 Å². The molecule has 0 atom stereocenters. The average molecular weight is 265 g/mol. The Kier molecular flexibility index (Phi) is 3.75. The SMILES string of the molecule is Cc1cc([N+](=O)[O-])c(C)cc1OCC1(O)CCCC1. The Balaban J connectivity index is 2.13. The normalized spacial score (nSPS) is 17.4. The minimum atomic E-state index is -0.734. The first kappa shape index (κ1) is 13.8. The molecule has 5 nitrogen and oxygen atoms in total. The Morgan fingerprint density at radius 2 is 1.95 bits per heavy atom. The van der Waals surface area contributed by atoms with Crippen LogP contribution in [0.15, 0.2) is 12.1 Å². The maximum absolute atomic E-state index is 10.8. The minimum Gasteiger partial charge on any atom is -0.490 e. The summed E-state index contributed by atoms with van der Waals surface area (Å²) < 4.78 is 5.67. The Bertz CT molecular complexity index is 492. The van der Waals surface area contributed by atoms with Crippen molar-refractivity contribution in [2.75, 3.05) is 6.61 Å². The van der Waals surface area contributed by atoms with Crippen molar-refractivity contribution in [3.05, 3.63) is 33.4 Å². The van der Waals surface area contributed by atoms with Crippen LogP contribution in [0.2, 0.25) is 0 Å². The number of aliphatic hydroxyl groups is 1. The number of nitro groups is 1. The lowest BCUT2D eigenvalue weighted by atomic mass is 10.0. The van der Waals surface area contributed by atoms with Crippen molar-refractivity contribution in [3.8, 4) is 5.75 Å². The lowest BCUT2D eigenvalue weighted by Gasteiger charge is -2.23. The zero-order valence-electron chi connectivity index (χ0n) is 11.3.